The number of halogens is 1. The van der Waals surface area contributed by atoms with Gasteiger partial charge in [0.15, 0.2) is 0 Å². The van der Waals surface area contributed by atoms with Crippen molar-refractivity contribution in [3.63, 3.8) is 0 Å². The molecule has 20 heavy (non-hydrogen) atoms. The Balaban J connectivity index is 2.32. The van der Waals surface area contributed by atoms with Gasteiger partial charge in [-0.3, -0.25) is 19.7 Å². The summed E-state index contributed by atoms with van der Waals surface area (Å²) in [5, 5.41) is 5.11. The molecule has 8 heteroatoms. The molecule has 1 aromatic heterocycles. The lowest BCUT2D eigenvalue weighted by Crippen LogP contribution is -2.58. The minimum Gasteiger partial charge on any atom is -0.373 e. The van der Waals surface area contributed by atoms with Crippen molar-refractivity contribution in [2.75, 3.05) is 18.9 Å². The molecule has 1 saturated heterocycles. The molecule has 0 bridgehead atoms. The topological polar surface area (TPSA) is 91.4 Å². The van der Waals surface area contributed by atoms with Crippen molar-refractivity contribution >= 4 is 35.1 Å². The molecule has 7 nitrogen and oxygen atoms in total. The lowest BCUT2D eigenvalue weighted by Gasteiger charge is -2.31. The molecule has 3 amide bonds. The fourth-order valence-electron chi connectivity index (χ4n) is 1.88. The van der Waals surface area contributed by atoms with E-state index in [1.165, 1.54) is 17.0 Å². The summed E-state index contributed by atoms with van der Waals surface area (Å²) in [5.41, 5.74) is 0.267. The highest BCUT2D eigenvalue weighted by molar-refractivity contribution is 6.30. The molecule has 1 fully saturated rings. The number of hydrogen-bond donors (Lipinski definition) is 2. The van der Waals surface area contributed by atoms with Gasteiger partial charge in [-0.1, -0.05) is 11.6 Å². The van der Waals surface area contributed by atoms with Gasteiger partial charge in [-0.15, -0.1) is 0 Å². The minimum atomic E-state index is -0.717. The quantitative estimate of drug-likeness (QED) is 0.603. The average molecular weight is 297 g/mol. The summed E-state index contributed by atoms with van der Waals surface area (Å²) in [4.78, 5) is 40.5. The number of nitrogens with one attached hydrogen (secondary N) is 2. The first-order valence-electron chi connectivity index (χ1n) is 5.92. The van der Waals surface area contributed by atoms with E-state index in [-0.39, 0.29) is 17.3 Å². The lowest BCUT2D eigenvalue weighted by molar-refractivity contribution is -0.138. The second-order valence-electron chi connectivity index (χ2n) is 4.34. The van der Waals surface area contributed by atoms with E-state index in [1.54, 1.807) is 14.0 Å². The number of piperazine rings is 1. The van der Waals surface area contributed by atoms with Gasteiger partial charge in [0, 0.05) is 12.6 Å². The summed E-state index contributed by atoms with van der Waals surface area (Å²) in [6.45, 7) is 1.39. The molecule has 0 saturated carbocycles. The molecule has 0 aromatic carbocycles. The van der Waals surface area contributed by atoms with Crippen LogP contribution in [0.25, 0.3) is 0 Å². The van der Waals surface area contributed by atoms with Crippen molar-refractivity contribution in [1.82, 2.24) is 15.2 Å². The van der Waals surface area contributed by atoms with Crippen molar-refractivity contribution in [1.29, 1.82) is 0 Å². The fourth-order valence-corrected chi connectivity index (χ4v) is 2.09. The van der Waals surface area contributed by atoms with E-state index in [9.17, 15) is 14.4 Å². The van der Waals surface area contributed by atoms with Gasteiger partial charge in [0.25, 0.3) is 5.91 Å². The van der Waals surface area contributed by atoms with Crippen LogP contribution in [0.4, 0.5) is 5.82 Å². The van der Waals surface area contributed by atoms with Crippen LogP contribution in [0, 0.1) is 0 Å². The van der Waals surface area contributed by atoms with Crippen LogP contribution in [0.1, 0.15) is 17.3 Å². The molecular weight excluding hydrogens is 284 g/mol. The Morgan fingerprint density at radius 3 is 2.85 bits per heavy atom. The summed E-state index contributed by atoms with van der Waals surface area (Å²) in [6.07, 6.45) is 0. The highest BCUT2D eigenvalue weighted by Gasteiger charge is 2.34. The van der Waals surface area contributed by atoms with E-state index in [0.29, 0.717) is 5.82 Å². The Morgan fingerprint density at radius 1 is 1.50 bits per heavy atom. The van der Waals surface area contributed by atoms with E-state index in [4.69, 9.17) is 11.6 Å². The number of aromatic nitrogens is 1. The number of pyridine rings is 1. The zero-order valence-corrected chi connectivity index (χ0v) is 11.7. The highest BCUT2D eigenvalue weighted by Crippen LogP contribution is 2.18. The third-order valence-corrected chi connectivity index (χ3v) is 3.18. The van der Waals surface area contributed by atoms with Crippen LogP contribution in [-0.4, -0.2) is 47.2 Å². The molecule has 2 rings (SSSR count). The third-order valence-electron chi connectivity index (χ3n) is 2.98. The van der Waals surface area contributed by atoms with Crippen molar-refractivity contribution < 1.29 is 14.4 Å². The maximum absolute atomic E-state index is 12.4. The summed E-state index contributed by atoms with van der Waals surface area (Å²) in [6, 6.07) is 2.19. The van der Waals surface area contributed by atoms with Gasteiger partial charge >= 0.3 is 0 Å². The number of amides is 3. The van der Waals surface area contributed by atoms with Gasteiger partial charge in [-0.25, -0.2) is 4.98 Å². The molecule has 0 spiro atoms. The first-order valence-corrected chi connectivity index (χ1v) is 6.30. The Bertz CT molecular complexity index is 590. The largest absolute Gasteiger partial charge is 0.373 e. The standard InChI is InChI=1S/C12H13ClN4O3/c1-6-11(19)16-10(18)5-17(6)12(20)7-3-8(13)15-9(4-7)14-2/h3-4,6H,5H2,1-2H3,(H,14,15)(H,16,18,19). The van der Waals surface area contributed by atoms with Gasteiger partial charge in [0.2, 0.25) is 11.8 Å². The number of nitrogens with zero attached hydrogens (tertiary/aromatic N) is 2. The number of imide groups is 1. The lowest BCUT2D eigenvalue weighted by atomic mass is 10.1. The normalized spacial score (nSPS) is 18.8. The number of carbonyl (C=O) groups is 3. The Morgan fingerprint density at radius 2 is 2.20 bits per heavy atom. The smallest absolute Gasteiger partial charge is 0.255 e. The predicted molar refractivity (Wildman–Crippen MR) is 72.4 cm³/mol. The van der Waals surface area contributed by atoms with Crippen LogP contribution in [0.5, 0.6) is 0 Å². The average Bonchev–Trinajstić information content (AvgIpc) is 2.41. The van der Waals surface area contributed by atoms with Crippen molar-refractivity contribution in [2.45, 2.75) is 13.0 Å². The summed E-state index contributed by atoms with van der Waals surface area (Å²) >= 11 is 5.84. The van der Waals surface area contributed by atoms with Crippen LogP contribution in [0.2, 0.25) is 5.15 Å². The Kier molecular flexibility index (Phi) is 3.89. The van der Waals surface area contributed by atoms with Gasteiger partial charge in [0.1, 0.15) is 23.6 Å². The van der Waals surface area contributed by atoms with Crippen molar-refractivity contribution in [3.8, 4) is 0 Å². The maximum Gasteiger partial charge on any atom is 0.255 e. The monoisotopic (exact) mass is 296 g/mol. The zero-order valence-electron chi connectivity index (χ0n) is 10.9. The van der Waals surface area contributed by atoms with E-state index in [1.807, 2.05) is 0 Å². The SMILES string of the molecule is CNc1cc(C(=O)N2CC(=O)NC(=O)C2C)cc(Cl)n1. The van der Waals surface area contributed by atoms with Gasteiger partial charge in [-0.05, 0) is 19.1 Å². The molecule has 1 unspecified atom stereocenters. The summed E-state index contributed by atoms with van der Waals surface area (Å²) < 4.78 is 0. The second kappa shape index (κ2) is 5.46. The zero-order chi connectivity index (χ0) is 14.9. The molecule has 1 aromatic rings. The summed E-state index contributed by atoms with van der Waals surface area (Å²) in [5.74, 6) is -1.01. The minimum absolute atomic E-state index is 0.153. The van der Waals surface area contributed by atoms with Crippen molar-refractivity contribution in [2.24, 2.45) is 0 Å². The van der Waals surface area contributed by atoms with E-state index < -0.39 is 23.8 Å². The number of rotatable bonds is 2. The molecule has 0 radical (unpaired) electrons. The Labute approximate surface area is 120 Å². The second-order valence-corrected chi connectivity index (χ2v) is 4.72. The molecule has 1 atom stereocenters. The van der Waals surface area contributed by atoms with Gasteiger partial charge in [-0.2, -0.15) is 0 Å². The number of hydrogen-bond acceptors (Lipinski definition) is 5. The third kappa shape index (κ3) is 2.72. The number of anilines is 1. The van der Waals surface area contributed by atoms with Gasteiger partial charge < -0.3 is 10.2 Å². The summed E-state index contributed by atoms with van der Waals surface area (Å²) in [7, 11) is 1.65. The Hall–Kier alpha value is -2.15. The molecular formula is C12H13ClN4O3. The number of carbonyl (C=O) groups excluding carboxylic acids is 3. The van der Waals surface area contributed by atoms with E-state index in [2.05, 4.69) is 15.6 Å². The highest BCUT2D eigenvalue weighted by atomic mass is 35.5. The molecule has 2 N–H and O–H groups in total. The fraction of sp³-hybridized carbons (Fsp3) is 0.333. The molecule has 1 aliphatic heterocycles. The molecule has 2 heterocycles. The van der Waals surface area contributed by atoms with Crippen molar-refractivity contribution in [3.05, 3.63) is 22.8 Å². The first kappa shape index (κ1) is 14.3. The van der Waals surface area contributed by atoms with Crippen LogP contribution in [0.3, 0.4) is 0 Å². The van der Waals surface area contributed by atoms with E-state index >= 15 is 0 Å². The molecule has 1 aliphatic rings. The van der Waals surface area contributed by atoms with Crippen LogP contribution in [-0.2, 0) is 9.59 Å². The maximum atomic E-state index is 12.4. The predicted octanol–water partition coefficient (Wildman–Crippen LogP) is 0.264. The van der Waals surface area contributed by atoms with Crippen LogP contribution < -0.4 is 10.6 Å². The molecule has 0 aliphatic carbocycles. The first-order chi connectivity index (χ1) is 9.42. The van der Waals surface area contributed by atoms with Gasteiger partial charge in [0.05, 0.1) is 0 Å². The van der Waals surface area contributed by atoms with E-state index in [0.717, 1.165) is 0 Å². The van der Waals surface area contributed by atoms with Crippen LogP contribution >= 0.6 is 11.6 Å². The molecule has 106 valence electrons. The van der Waals surface area contributed by atoms with Crippen LogP contribution in [0.15, 0.2) is 12.1 Å².